The van der Waals surface area contributed by atoms with Crippen molar-refractivity contribution in [2.75, 3.05) is 30.3 Å². The van der Waals surface area contributed by atoms with Crippen LogP contribution < -0.4 is 0 Å². The van der Waals surface area contributed by atoms with Gasteiger partial charge in [0, 0.05) is 18.3 Å². The number of thioether (sulfide) groups is 1. The van der Waals surface area contributed by atoms with Crippen LogP contribution in [0.4, 0.5) is 0 Å². The molecule has 0 spiro atoms. The average molecular weight is 368 g/mol. The molecule has 0 radical (unpaired) electrons. The highest BCUT2D eigenvalue weighted by molar-refractivity contribution is 8.02. The number of nitrogens with zero attached hydrogens (tertiary/aromatic N) is 1. The summed E-state index contributed by atoms with van der Waals surface area (Å²) in [5, 5.41) is 0.106. The Kier molecular flexibility index (Phi) is 5.87. The van der Waals surface area contributed by atoms with Crippen molar-refractivity contribution in [3.8, 4) is 0 Å². The second kappa shape index (κ2) is 7.91. The van der Waals surface area contributed by atoms with E-state index in [1.54, 1.807) is 0 Å². The predicted molar refractivity (Wildman–Crippen MR) is 99.0 cm³/mol. The fourth-order valence-corrected chi connectivity index (χ4v) is 7.05. The Bertz CT molecular complexity index is 652. The summed E-state index contributed by atoms with van der Waals surface area (Å²) < 4.78 is 22.9. The molecule has 1 unspecified atom stereocenters. The van der Waals surface area contributed by atoms with Gasteiger partial charge in [0.2, 0.25) is 5.91 Å². The van der Waals surface area contributed by atoms with Gasteiger partial charge in [-0.3, -0.25) is 4.79 Å². The molecule has 0 aliphatic carbocycles. The number of hydrogen-bond donors (Lipinski definition) is 0. The van der Waals surface area contributed by atoms with Crippen LogP contribution in [-0.2, 0) is 21.1 Å². The fourth-order valence-electron chi connectivity index (χ4n) is 3.51. The van der Waals surface area contributed by atoms with Crippen molar-refractivity contribution < 1.29 is 13.2 Å². The van der Waals surface area contributed by atoms with E-state index >= 15 is 0 Å². The summed E-state index contributed by atoms with van der Waals surface area (Å²) in [7, 11) is -2.85. The molecule has 3 rings (SSSR count). The monoisotopic (exact) mass is 367 g/mol. The van der Waals surface area contributed by atoms with Crippen molar-refractivity contribution in [3.63, 3.8) is 0 Å². The number of rotatable bonds is 5. The highest BCUT2D eigenvalue weighted by atomic mass is 32.2. The standard InChI is InChI=1S/C18H25NO3S2/c20-18(13-23-17-8-11-24(21,22)14-17)19-9-6-16(7-10-19)12-15-4-2-1-3-5-15/h1-5,16-17H,6-14H2. The molecule has 0 aromatic heterocycles. The summed E-state index contributed by atoms with van der Waals surface area (Å²) in [4.78, 5) is 14.3. The van der Waals surface area contributed by atoms with E-state index in [-0.39, 0.29) is 22.7 Å². The van der Waals surface area contributed by atoms with Gasteiger partial charge >= 0.3 is 0 Å². The fraction of sp³-hybridized carbons (Fsp3) is 0.611. The third kappa shape index (κ3) is 4.99. The van der Waals surface area contributed by atoms with E-state index in [0.717, 1.165) is 32.4 Å². The lowest BCUT2D eigenvalue weighted by molar-refractivity contribution is -0.129. The van der Waals surface area contributed by atoms with Crippen molar-refractivity contribution in [2.24, 2.45) is 5.92 Å². The van der Waals surface area contributed by atoms with Crippen LogP contribution in [0.1, 0.15) is 24.8 Å². The van der Waals surface area contributed by atoms with Gasteiger partial charge in [-0.25, -0.2) is 8.42 Å². The lowest BCUT2D eigenvalue weighted by Crippen LogP contribution is -2.40. The lowest BCUT2D eigenvalue weighted by Gasteiger charge is -2.32. The number of amides is 1. The maximum atomic E-state index is 12.3. The van der Waals surface area contributed by atoms with Gasteiger partial charge in [0.1, 0.15) is 0 Å². The molecule has 0 N–H and O–H groups in total. The van der Waals surface area contributed by atoms with Crippen molar-refractivity contribution in [1.29, 1.82) is 0 Å². The van der Waals surface area contributed by atoms with Crippen molar-refractivity contribution in [1.82, 2.24) is 4.90 Å². The Morgan fingerprint density at radius 3 is 2.46 bits per heavy atom. The largest absolute Gasteiger partial charge is 0.342 e. The molecule has 2 fully saturated rings. The molecule has 1 aromatic rings. The zero-order valence-electron chi connectivity index (χ0n) is 13.9. The number of hydrogen-bond acceptors (Lipinski definition) is 4. The second-order valence-corrected chi connectivity index (χ2v) is 10.4. The Hall–Kier alpha value is -1.01. The first-order valence-electron chi connectivity index (χ1n) is 8.65. The summed E-state index contributed by atoms with van der Waals surface area (Å²) in [6.07, 6.45) is 3.91. The number of benzene rings is 1. The molecule has 6 heteroatoms. The van der Waals surface area contributed by atoms with E-state index in [9.17, 15) is 13.2 Å². The van der Waals surface area contributed by atoms with E-state index in [2.05, 4.69) is 24.3 Å². The number of piperidine rings is 1. The SMILES string of the molecule is O=C(CSC1CCS(=O)(=O)C1)N1CCC(Cc2ccccc2)CC1. The van der Waals surface area contributed by atoms with Gasteiger partial charge in [0.25, 0.3) is 0 Å². The number of likely N-dealkylation sites (tertiary alicyclic amines) is 1. The van der Waals surface area contributed by atoms with Crippen LogP contribution in [0, 0.1) is 5.92 Å². The van der Waals surface area contributed by atoms with Crippen LogP contribution in [0.2, 0.25) is 0 Å². The number of carbonyl (C=O) groups is 1. The van der Waals surface area contributed by atoms with Crippen LogP contribution in [-0.4, -0.2) is 54.8 Å². The zero-order valence-corrected chi connectivity index (χ0v) is 15.5. The predicted octanol–water partition coefficient (Wildman–Crippen LogP) is 2.39. The maximum Gasteiger partial charge on any atom is 0.232 e. The number of sulfone groups is 1. The highest BCUT2D eigenvalue weighted by Crippen LogP contribution is 2.26. The topological polar surface area (TPSA) is 54.5 Å². The van der Waals surface area contributed by atoms with Crippen molar-refractivity contribution in [3.05, 3.63) is 35.9 Å². The Labute approximate surface area is 148 Å². The van der Waals surface area contributed by atoms with Crippen LogP contribution in [0.5, 0.6) is 0 Å². The molecule has 0 bridgehead atoms. The molecule has 132 valence electrons. The van der Waals surface area contributed by atoms with E-state index in [0.29, 0.717) is 18.1 Å². The second-order valence-electron chi connectivity index (χ2n) is 6.85. The average Bonchev–Trinajstić information content (AvgIpc) is 2.93. The Balaban J connectivity index is 1.39. The Morgan fingerprint density at radius 1 is 1.12 bits per heavy atom. The highest BCUT2D eigenvalue weighted by Gasteiger charge is 2.29. The maximum absolute atomic E-state index is 12.3. The summed E-state index contributed by atoms with van der Waals surface area (Å²) in [5.74, 6) is 1.77. The lowest BCUT2D eigenvalue weighted by atomic mass is 9.90. The minimum atomic E-state index is -2.85. The molecule has 2 aliphatic heterocycles. The van der Waals surface area contributed by atoms with Crippen LogP contribution in [0.3, 0.4) is 0 Å². The van der Waals surface area contributed by atoms with Crippen LogP contribution in [0.15, 0.2) is 30.3 Å². The molecule has 2 aliphatic rings. The molecular weight excluding hydrogens is 342 g/mol. The smallest absolute Gasteiger partial charge is 0.232 e. The minimum absolute atomic E-state index is 0.106. The van der Waals surface area contributed by atoms with Crippen LogP contribution in [0.25, 0.3) is 0 Å². The molecule has 2 saturated heterocycles. The quantitative estimate of drug-likeness (QED) is 0.802. The van der Waals surface area contributed by atoms with Crippen molar-refractivity contribution >= 4 is 27.5 Å². The molecule has 4 nitrogen and oxygen atoms in total. The zero-order chi connectivity index (χ0) is 17.0. The molecule has 1 atom stereocenters. The van der Waals surface area contributed by atoms with Gasteiger partial charge in [-0.2, -0.15) is 0 Å². The third-order valence-corrected chi connectivity index (χ3v) is 8.23. The summed E-state index contributed by atoms with van der Waals surface area (Å²) in [5.41, 5.74) is 1.38. The van der Waals surface area contributed by atoms with Gasteiger partial charge < -0.3 is 4.90 Å². The molecule has 1 aromatic carbocycles. The van der Waals surface area contributed by atoms with E-state index < -0.39 is 9.84 Å². The van der Waals surface area contributed by atoms with Gasteiger partial charge in [-0.15, -0.1) is 11.8 Å². The number of carbonyl (C=O) groups excluding carboxylic acids is 1. The molecule has 0 saturated carbocycles. The molecular formula is C18H25NO3S2. The van der Waals surface area contributed by atoms with Crippen LogP contribution >= 0.6 is 11.8 Å². The normalized spacial score (nSPS) is 24.2. The van der Waals surface area contributed by atoms with Gasteiger partial charge in [-0.1, -0.05) is 30.3 Å². The van der Waals surface area contributed by atoms with Gasteiger partial charge in [-0.05, 0) is 37.2 Å². The third-order valence-electron chi connectivity index (χ3n) is 4.97. The Morgan fingerprint density at radius 2 is 1.83 bits per heavy atom. The summed E-state index contributed by atoms with van der Waals surface area (Å²) in [6, 6.07) is 10.5. The minimum Gasteiger partial charge on any atom is -0.342 e. The molecule has 1 amide bonds. The van der Waals surface area contributed by atoms with Gasteiger partial charge in [0.05, 0.1) is 17.3 Å². The summed E-state index contributed by atoms with van der Waals surface area (Å²) in [6.45, 7) is 1.67. The van der Waals surface area contributed by atoms with E-state index in [4.69, 9.17) is 0 Å². The first-order chi connectivity index (χ1) is 11.5. The molecule has 24 heavy (non-hydrogen) atoms. The van der Waals surface area contributed by atoms with Gasteiger partial charge in [0.15, 0.2) is 9.84 Å². The van der Waals surface area contributed by atoms with Crippen molar-refractivity contribution in [2.45, 2.75) is 30.9 Å². The molecule has 2 heterocycles. The van der Waals surface area contributed by atoms with E-state index in [1.165, 1.54) is 17.3 Å². The first-order valence-corrected chi connectivity index (χ1v) is 11.5. The first kappa shape index (κ1) is 17.8. The van der Waals surface area contributed by atoms with E-state index in [1.807, 2.05) is 11.0 Å². The summed E-state index contributed by atoms with van der Waals surface area (Å²) >= 11 is 1.52.